The molecule has 1 saturated heterocycles. The van der Waals surface area contributed by atoms with E-state index in [-0.39, 0.29) is 0 Å². The van der Waals surface area contributed by atoms with Crippen LogP contribution in [0.25, 0.3) is 0 Å². The van der Waals surface area contributed by atoms with Gasteiger partial charge in [-0.1, -0.05) is 6.42 Å². The van der Waals surface area contributed by atoms with Gasteiger partial charge in [-0.25, -0.2) is 0 Å². The maximum Gasteiger partial charge on any atom is 0.401 e. The number of piperidine rings is 1. The second-order valence-electron chi connectivity index (χ2n) is 3.62. The molecule has 0 amide bonds. The highest BCUT2D eigenvalue weighted by Crippen LogP contribution is 2.24. The average Bonchev–Trinajstić information content (AvgIpc) is 2.15. The number of halogens is 3. The van der Waals surface area contributed by atoms with Gasteiger partial charge < -0.3 is 4.74 Å². The maximum atomic E-state index is 12.2. The van der Waals surface area contributed by atoms with Crippen LogP contribution in [0.2, 0.25) is 0 Å². The molecule has 1 aliphatic heterocycles. The van der Waals surface area contributed by atoms with Crippen LogP contribution < -0.4 is 0 Å². The zero-order valence-corrected chi connectivity index (χ0v) is 8.51. The van der Waals surface area contributed by atoms with Gasteiger partial charge in [0.2, 0.25) is 0 Å². The first kappa shape index (κ1) is 12.3. The Balaban J connectivity index is 2.61. The van der Waals surface area contributed by atoms with Crippen molar-refractivity contribution < 1.29 is 22.7 Å². The fourth-order valence-electron chi connectivity index (χ4n) is 1.81. The lowest BCUT2D eigenvalue weighted by Gasteiger charge is -2.33. The van der Waals surface area contributed by atoms with E-state index in [0.29, 0.717) is 19.4 Å². The van der Waals surface area contributed by atoms with E-state index in [0.717, 1.165) is 11.3 Å². The highest BCUT2D eigenvalue weighted by Gasteiger charge is 2.37. The standard InChI is InChI=1S/C9H14F3NO2/c1-15-8(14)7-4-2-3-5-13(7)6-9(10,11)12/h7H,2-6H2,1H3. The third-order valence-electron chi connectivity index (χ3n) is 2.47. The quantitative estimate of drug-likeness (QED) is 0.668. The number of hydrogen-bond donors (Lipinski definition) is 0. The summed E-state index contributed by atoms with van der Waals surface area (Å²) >= 11 is 0. The van der Waals surface area contributed by atoms with Gasteiger partial charge in [0, 0.05) is 0 Å². The minimum atomic E-state index is -4.26. The Labute approximate surface area is 86.2 Å². The molecular weight excluding hydrogens is 211 g/mol. The van der Waals surface area contributed by atoms with Crippen molar-refractivity contribution in [2.24, 2.45) is 0 Å². The van der Waals surface area contributed by atoms with Crippen molar-refractivity contribution in [1.82, 2.24) is 4.90 Å². The van der Waals surface area contributed by atoms with Crippen LogP contribution in [-0.4, -0.2) is 43.3 Å². The molecule has 6 heteroatoms. The molecule has 0 saturated carbocycles. The van der Waals surface area contributed by atoms with Crippen LogP contribution in [0.3, 0.4) is 0 Å². The molecule has 1 heterocycles. The van der Waals surface area contributed by atoms with E-state index in [1.165, 1.54) is 7.11 Å². The highest BCUT2D eigenvalue weighted by molar-refractivity contribution is 5.75. The van der Waals surface area contributed by atoms with Crippen molar-refractivity contribution in [1.29, 1.82) is 0 Å². The maximum absolute atomic E-state index is 12.2. The number of esters is 1. The van der Waals surface area contributed by atoms with Crippen LogP contribution in [-0.2, 0) is 9.53 Å². The number of alkyl halides is 3. The summed E-state index contributed by atoms with van der Waals surface area (Å²) in [4.78, 5) is 12.4. The molecule has 1 rings (SSSR count). The van der Waals surface area contributed by atoms with Crippen LogP contribution >= 0.6 is 0 Å². The van der Waals surface area contributed by atoms with E-state index in [4.69, 9.17) is 0 Å². The summed E-state index contributed by atoms with van der Waals surface area (Å²) in [6.07, 6.45) is -2.34. The molecule has 0 aromatic rings. The van der Waals surface area contributed by atoms with Gasteiger partial charge in [0.05, 0.1) is 13.7 Å². The largest absolute Gasteiger partial charge is 0.468 e. The summed E-state index contributed by atoms with van der Waals surface area (Å²) in [5.74, 6) is -0.570. The van der Waals surface area contributed by atoms with Crippen molar-refractivity contribution in [3.05, 3.63) is 0 Å². The lowest BCUT2D eigenvalue weighted by atomic mass is 10.0. The van der Waals surface area contributed by atoms with Gasteiger partial charge in [0.1, 0.15) is 6.04 Å². The molecular formula is C9H14F3NO2. The fourth-order valence-corrected chi connectivity index (χ4v) is 1.81. The average molecular weight is 225 g/mol. The molecule has 3 nitrogen and oxygen atoms in total. The molecule has 15 heavy (non-hydrogen) atoms. The minimum absolute atomic E-state index is 0.305. The third kappa shape index (κ3) is 3.70. The Kier molecular flexibility index (Phi) is 3.96. The van der Waals surface area contributed by atoms with Gasteiger partial charge in [-0.15, -0.1) is 0 Å². The van der Waals surface area contributed by atoms with E-state index in [2.05, 4.69) is 4.74 Å². The molecule has 1 aliphatic rings. The van der Waals surface area contributed by atoms with Crippen molar-refractivity contribution in [2.45, 2.75) is 31.5 Å². The molecule has 1 atom stereocenters. The summed E-state index contributed by atoms with van der Waals surface area (Å²) in [5.41, 5.74) is 0. The van der Waals surface area contributed by atoms with Gasteiger partial charge in [-0.05, 0) is 19.4 Å². The Morgan fingerprint density at radius 1 is 1.47 bits per heavy atom. The zero-order chi connectivity index (χ0) is 11.5. The first-order valence-corrected chi connectivity index (χ1v) is 4.82. The third-order valence-corrected chi connectivity index (χ3v) is 2.47. The topological polar surface area (TPSA) is 29.5 Å². The molecule has 1 fully saturated rings. The number of nitrogens with zero attached hydrogens (tertiary/aromatic N) is 1. The van der Waals surface area contributed by atoms with Gasteiger partial charge in [0.25, 0.3) is 0 Å². The predicted molar refractivity (Wildman–Crippen MR) is 47.3 cm³/mol. The monoisotopic (exact) mass is 225 g/mol. The lowest BCUT2D eigenvalue weighted by Crippen LogP contribution is -2.49. The summed E-state index contributed by atoms with van der Waals surface area (Å²) in [7, 11) is 1.20. The van der Waals surface area contributed by atoms with Crippen LogP contribution in [0.15, 0.2) is 0 Å². The van der Waals surface area contributed by atoms with Crippen LogP contribution in [0.5, 0.6) is 0 Å². The first-order chi connectivity index (χ1) is 6.94. The number of carbonyl (C=O) groups excluding carboxylic acids is 1. The number of ether oxygens (including phenoxy) is 1. The SMILES string of the molecule is COC(=O)C1CCCCN1CC(F)(F)F. The van der Waals surface area contributed by atoms with Crippen LogP contribution in [0.1, 0.15) is 19.3 Å². The Hall–Kier alpha value is -0.780. The second kappa shape index (κ2) is 4.83. The van der Waals surface area contributed by atoms with Crippen LogP contribution in [0.4, 0.5) is 13.2 Å². The van der Waals surface area contributed by atoms with Gasteiger partial charge >= 0.3 is 12.1 Å². The number of hydrogen-bond acceptors (Lipinski definition) is 3. The number of rotatable bonds is 2. The van der Waals surface area contributed by atoms with Crippen molar-refractivity contribution in [3.63, 3.8) is 0 Å². The normalized spacial score (nSPS) is 23.9. The zero-order valence-electron chi connectivity index (χ0n) is 8.51. The summed E-state index contributed by atoms with van der Waals surface area (Å²) in [6.45, 7) is -0.730. The number of likely N-dealkylation sites (tertiary alicyclic amines) is 1. The molecule has 1 unspecified atom stereocenters. The molecule has 0 aromatic carbocycles. The first-order valence-electron chi connectivity index (χ1n) is 4.82. The molecule has 0 aliphatic carbocycles. The summed E-state index contributed by atoms with van der Waals surface area (Å²) in [6, 6.07) is -0.731. The molecule has 0 bridgehead atoms. The summed E-state index contributed by atoms with van der Waals surface area (Å²) < 4.78 is 41.0. The molecule has 0 spiro atoms. The Bertz CT molecular complexity index is 230. The highest BCUT2D eigenvalue weighted by atomic mass is 19.4. The minimum Gasteiger partial charge on any atom is -0.468 e. The van der Waals surface area contributed by atoms with Crippen molar-refractivity contribution in [2.75, 3.05) is 20.2 Å². The fraction of sp³-hybridized carbons (Fsp3) is 0.889. The summed E-state index contributed by atoms with van der Waals surface area (Å²) in [5, 5.41) is 0. The molecule has 88 valence electrons. The van der Waals surface area contributed by atoms with E-state index >= 15 is 0 Å². The van der Waals surface area contributed by atoms with E-state index in [1.807, 2.05) is 0 Å². The van der Waals surface area contributed by atoms with Gasteiger partial charge in [-0.3, -0.25) is 9.69 Å². The van der Waals surface area contributed by atoms with Gasteiger partial charge in [-0.2, -0.15) is 13.2 Å². The lowest BCUT2D eigenvalue weighted by molar-refractivity contribution is -0.166. The predicted octanol–water partition coefficient (Wildman–Crippen LogP) is 1.58. The molecule has 0 aromatic heterocycles. The van der Waals surface area contributed by atoms with E-state index < -0.39 is 24.7 Å². The van der Waals surface area contributed by atoms with Crippen LogP contribution in [0, 0.1) is 0 Å². The second-order valence-corrected chi connectivity index (χ2v) is 3.62. The molecule has 0 N–H and O–H groups in total. The molecule has 0 radical (unpaired) electrons. The van der Waals surface area contributed by atoms with E-state index in [9.17, 15) is 18.0 Å². The van der Waals surface area contributed by atoms with Crippen molar-refractivity contribution in [3.8, 4) is 0 Å². The number of methoxy groups -OCH3 is 1. The number of carbonyl (C=O) groups is 1. The Morgan fingerprint density at radius 3 is 2.67 bits per heavy atom. The van der Waals surface area contributed by atoms with E-state index in [1.54, 1.807) is 0 Å². The van der Waals surface area contributed by atoms with Crippen molar-refractivity contribution >= 4 is 5.97 Å². The Morgan fingerprint density at radius 2 is 2.13 bits per heavy atom. The van der Waals surface area contributed by atoms with Gasteiger partial charge in [0.15, 0.2) is 0 Å². The smallest absolute Gasteiger partial charge is 0.401 e.